The van der Waals surface area contributed by atoms with Gasteiger partial charge in [0.2, 0.25) is 10.0 Å². The number of hydrogen-bond acceptors (Lipinski definition) is 4. The zero-order valence-electron chi connectivity index (χ0n) is 11.0. The number of hydrogen-bond donors (Lipinski definition) is 2. The van der Waals surface area contributed by atoms with Gasteiger partial charge in [0.05, 0.1) is 4.90 Å². The zero-order valence-corrected chi connectivity index (χ0v) is 11.8. The van der Waals surface area contributed by atoms with E-state index < -0.39 is 10.0 Å². The van der Waals surface area contributed by atoms with E-state index in [1.165, 1.54) is 25.3 Å². The van der Waals surface area contributed by atoms with Crippen LogP contribution in [0.2, 0.25) is 0 Å². The first-order valence-electron chi connectivity index (χ1n) is 6.65. The molecule has 5 nitrogen and oxygen atoms in total. The molecule has 0 atom stereocenters. The first kappa shape index (κ1) is 14.1. The number of benzene rings is 1. The summed E-state index contributed by atoms with van der Waals surface area (Å²) in [5.74, 6) is 0. The maximum absolute atomic E-state index is 11.4. The van der Waals surface area contributed by atoms with Gasteiger partial charge in [-0.2, -0.15) is 0 Å². The van der Waals surface area contributed by atoms with E-state index in [9.17, 15) is 8.42 Å². The fourth-order valence-corrected chi connectivity index (χ4v) is 3.04. The van der Waals surface area contributed by atoms with Crippen LogP contribution in [0.1, 0.15) is 32.1 Å². The molecule has 0 amide bonds. The Balaban J connectivity index is 2.30. The van der Waals surface area contributed by atoms with E-state index in [-0.39, 0.29) is 4.90 Å². The summed E-state index contributed by atoms with van der Waals surface area (Å²) < 4.78 is 22.9. The van der Waals surface area contributed by atoms with Gasteiger partial charge in [-0.1, -0.05) is 19.3 Å². The van der Waals surface area contributed by atoms with Crippen LogP contribution in [0.15, 0.2) is 23.1 Å². The third-order valence-electron chi connectivity index (χ3n) is 3.46. The lowest BCUT2D eigenvalue weighted by Gasteiger charge is -2.27. The van der Waals surface area contributed by atoms with Crippen molar-refractivity contribution in [2.24, 2.45) is 5.14 Å². The Hall–Kier alpha value is -1.27. The molecule has 1 aromatic carbocycles. The fourth-order valence-electron chi connectivity index (χ4n) is 2.46. The number of primary sulfonamides is 1. The molecule has 6 heteroatoms. The first-order valence-corrected chi connectivity index (χ1v) is 8.20. The third kappa shape index (κ3) is 3.84. The van der Waals surface area contributed by atoms with E-state index in [4.69, 9.17) is 10.9 Å². The Morgan fingerprint density at radius 2 is 1.53 bits per heavy atom. The molecule has 0 radical (unpaired) electrons. The van der Waals surface area contributed by atoms with E-state index >= 15 is 0 Å². The summed E-state index contributed by atoms with van der Waals surface area (Å²) in [6.45, 7) is 1.88. The van der Waals surface area contributed by atoms with E-state index in [0.717, 1.165) is 31.6 Å². The monoisotopic (exact) mass is 283 g/mol. The van der Waals surface area contributed by atoms with Gasteiger partial charge in [-0.05, 0) is 31.0 Å². The highest BCUT2D eigenvalue weighted by atomic mass is 32.2. The molecule has 1 aromatic rings. The van der Waals surface area contributed by atoms with E-state index in [1.54, 1.807) is 6.07 Å². The molecular formula is C13H21N3O2S. The molecule has 0 bridgehead atoms. The van der Waals surface area contributed by atoms with Crippen molar-refractivity contribution in [2.45, 2.75) is 37.0 Å². The molecule has 1 fully saturated rings. The Morgan fingerprint density at radius 1 is 0.947 bits per heavy atom. The normalized spacial score (nSPS) is 17.8. The highest BCUT2D eigenvalue weighted by Gasteiger charge is 2.14. The summed E-state index contributed by atoms with van der Waals surface area (Å²) in [7, 11) is -3.71. The second-order valence-corrected chi connectivity index (χ2v) is 6.62. The summed E-state index contributed by atoms with van der Waals surface area (Å²) in [4.78, 5) is 2.29. The SMILES string of the molecule is Nc1cc(N2CCCCCCC2)cc(S(N)(=O)=O)c1. The van der Waals surface area contributed by atoms with Crippen molar-refractivity contribution in [3.8, 4) is 0 Å². The van der Waals surface area contributed by atoms with Crippen molar-refractivity contribution in [2.75, 3.05) is 23.7 Å². The number of anilines is 2. The van der Waals surface area contributed by atoms with Crippen molar-refractivity contribution >= 4 is 21.4 Å². The van der Waals surface area contributed by atoms with Gasteiger partial charge in [0, 0.05) is 24.5 Å². The number of nitrogens with zero attached hydrogens (tertiary/aromatic N) is 1. The minimum absolute atomic E-state index is 0.0876. The van der Waals surface area contributed by atoms with Gasteiger partial charge < -0.3 is 10.6 Å². The van der Waals surface area contributed by atoms with Gasteiger partial charge in [0.1, 0.15) is 0 Å². The maximum Gasteiger partial charge on any atom is 0.238 e. The summed E-state index contributed by atoms with van der Waals surface area (Å²) in [5.41, 5.74) is 7.07. The summed E-state index contributed by atoms with van der Waals surface area (Å²) in [5, 5.41) is 5.18. The van der Waals surface area contributed by atoms with Gasteiger partial charge in [-0.25, -0.2) is 13.6 Å². The lowest BCUT2D eigenvalue weighted by Crippen LogP contribution is -2.27. The number of nitrogens with two attached hydrogens (primary N) is 2. The van der Waals surface area contributed by atoms with Crippen LogP contribution in [0.5, 0.6) is 0 Å². The van der Waals surface area contributed by atoms with Crippen LogP contribution >= 0.6 is 0 Å². The third-order valence-corrected chi connectivity index (χ3v) is 4.36. The van der Waals surface area contributed by atoms with E-state index in [1.807, 2.05) is 6.07 Å². The molecule has 2 rings (SSSR count). The zero-order chi connectivity index (χ0) is 13.9. The van der Waals surface area contributed by atoms with Gasteiger partial charge in [0.15, 0.2) is 0 Å². The van der Waals surface area contributed by atoms with Crippen molar-refractivity contribution in [3.05, 3.63) is 18.2 Å². The van der Waals surface area contributed by atoms with Gasteiger partial charge in [0.25, 0.3) is 0 Å². The Kier molecular flexibility index (Phi) is 4.31. The molecule has 0 unspecified atom stereocenters. The Bertz CT molecular complexity index is 535. The average Bonchev–Trinajstić information content (AvgIpc) is 2.26. The summed E-state index contributed by atoms with van der Waals surface area (Å²) in [6.07, 6.45) is 5.98. The smallest absolute Gasteiger partial charge is 0.238 e. The summed E-state index contributed by atoms with van der Waals surface area (Å²) in [6, 6.07) is 4.84. The molecule has 0 spiro atoms. The predicted molar refractivity (Wildman–Crippen MR) is 77.5 cm³/mol. The molecule has 19 heavy (non-hydrogen) atoms. The average molecular weight is 283 g/mol. The lowest BCUT2D eigenvalue weighted by molar-refractivity contribution is 0.556. The molecule has 4 N–H and O–H groups in total. The highest BCUT2D eigenvalue weighted by molar-refractivity contribution is 7.89. The second kappa shape index (κ2) is 5.79. The van der Waals surface area contributed by atoms with E-state index in [0.29, 0.717) is 5.69 Å². The minimum atomic E-state index is -3.71. The van der Waals surface area contributed by atoms with Gasteiger partial charge >= 0.3 is 0 Å². The molecule has 0 aliphatic carbocycles. The van der Waals surface area contributed by atoms with Crippen LogP contribution in [-0.4, -0.2) is 21.5 Å². The topological polar surface area (TPSA) is 89.4 Å². The quantitative estimate of drug-likeness (QED) is 0.808. The molecule has 0 saturated carbocycles. The first-order chi connectivity index (χ1) is 8.97. The molecule has 0 aromatic heterocycles. The van der Waals surface area contributed by atoms with Crippen LogP contribution in [0.3, 0.4) is 0 Å². The van der Waals surface area contributed by atoms with Crippen molar-refractivity contribution in [1.29, 1.82) is 0 Å². The predicted octanol–water partition coefficient (Wildman–Crippen LogP) is 1.69. The minimum Gasteiger partial charge on any atom is -0.399 e. The number of nitrogen functional groups attached to an aromatic ring is 1. The molecule has 1 aliphatic rings. The van der Waals surface area contributed by atoms with Gasteiger partial charge in [-0.3, -0.25) is 0 Å². The van der Waals surface area contributed by atoms with Crippen molar-refractivity contribution in [3.63, 3.8) is 0 Å². The molecule has 1 aliphatic heterocycles. The van der Waals surface area contributed by atoms with Crippen LogP contribution in [0, 0.1) is 0 Å². The maximum atomic E-state index is 11.4. The lowest BCUT2D eigenvalue weighted by atomic mass is 10.1. The van der Waals surface area contributed by atoms with Crippen LogP contribution in [-0.2, 0) is 10.0 Å². The molecular weight excluding hydrogens is 262 g/mol. The van der Waals surface area contributed by atoms with Crippen molar-refractivity contribution in [1.82, 2.24) is 0 Å². The van der Waals surface area contributed by atoms with Gasteiger partial charge in [-0.15, -0.1) is 0 Å². The molecule has 1 saturated heterocycles. The molecule has 106 valence electrons. The van der Waals surface area contributed by atoms with Crippen LogP contribution in [0.4, 0.5) is 11.4 Å². The number of rotatable bonds is 2. The Labute approximate surface area is 114 Å². The van der Waals surface area contributed by atoms with Crippen LogP contribution in [0.25, 0.3) is 0 Å². The fraction of sp³-hybridized carbons (Fsp3) is 0.538. The standard InChI is InChI=1S/C13H21N3O2S/c14-11-8-12(10-13(9-11)19(15,17)18)16-6-4-2-1-3-5-7-16/h8-10H,1-7,14H2,(H2,15,17,18). The Morgan fingerprint density at radius 3 is 2.11 bits per heavy atom. The second-order valence-electron chi connectivity index (χ2n) is 5.06. The summed E-state index contributed by atoms with van der Waals surface area (Å²) >= 11 is 0. The molecule has 1 heterocycles. The van der Waals surface area contributed by atoms with Crippen LogP contribution < -0.4 is 15.8 Å². The van der Waals surface area contributed by atoms with Crippen molar-refractivity contribution < 1.29 is 8.42 Å². The van der Waals surface area contributed by atoms with E-state index in [2.05, 4.69) is 4.90 Å². The highest BCUT2D eigenvalue weighted by Crippen LogP contribution is 2.25. The largest absolute Gasteiger partial charge is 0.399 e. The number of sulfonamides is 1.